The number of carbonyl (C=O) groups excluding carboxylic acids is 1. The second kappa shape index (κ2) is 6.71. The zero-order valence-corrected chi connectivity index (χ0v) is 14.6. The van der Waals surface area contributed by atoms with Crippen molar-refractivity contribution in [3.05, 3.63) is 42.2 Å². The van der Waals surface area contributed by atoms with E-state index in [0.29, 0.717) is 5.92 Å². The first-order valence-electron chi connectivity index (χ1n) is 8.53. The zero-order chi connectivity index (χ0) is 17.2. The highest BCUT2D eigenvalue weighted by molar-refractivity contribution is 5.83. The number of piperidine rings is 1. The van der Waals surface area contributed by atoms with E-state index in [4.69, 9.17) is 0 Å². The van der Waals surface area contributed by atoms with E-state index in [9.17, 15) is 4.79 Å². The number of likely N-dealkylation sites (tertiary alicyclic amines) is 1. The van der Waals surface area contributed by atoms with E-state index < -0.39 is 5.54 Å². The molecule has 1 aliphatic rings. The van der Waals surface area contributed by atoms with Gasteiger partial charge in [0.25, 0.3) is 0 Å². The largest absolute Gasteiger partial charge is 0.340 e. The van der Waals surface area contributed by atoms with Crippen molar-refractivity contribution in [3.63, 3.8) is 0 Å². The van der Waals surface area contributed by atoms with Crippen LogP contribution >= 0.6 is 0 Å². The molecule has 0 bridgehead atoms. The number of nitrogens with zero attached hydrogens (tertiary/aromatic N) is 5. The van der Waals surface area contributed by atoms with E-state index in [2.05, 4.69) is 27.2 Å². The molecule has 2 aromatic heterocycles. The van der Waals surface area contributed by atoms with Crippen LogP contribution in [-0.4, -0.2) is 43.6 Å². The number of aryl methyl sites for hydroxylation is 1. The Labute approximate surface area is 142 Å². The lowest BCUT2D eigenvalue weighted by atomic mass is 9.90. The summed E-state index contributed by atoms with van der Waals surface area (Å²) >= 11 is 0. The highest BCUT2D eigenvalue weighted by Crippen LogP contribution is 2.25. The summed E-state index contributed by atoms with van der Waals surface area (Å²) in [7, 11) is 0. The molecule has 0 saturated carbocycles. The predicted octanol–water partition coefficient (Wildman–Crippen LogP) is 2.20. The molecule has 0 unspecified atom stereocenters. The van der Waals surface area contributed by atoms with Gasteiger partial charge in [0.1, 0.15) is 18.2 Å². The number of rotatable bonds is 4. The van der Waals surface area contributed by atoms with Gasteiger partial charge in [-0.2, -0.15) is 5.10 Å². The SMILES string of the molecule is Cc1ccc(C[C@H]2CCCN(C(=O)C(C)(C)n3cncn3)C2)cn1. The molecule has 128 valence electrons. The van der Waals surface area contributed by atoms with Crippen LogP contribution in [0.1, 0.15) is 37.9 Å². The normalized spacial score (nSPS) is 18.6. The van der Waals surface area contributed by atoms with Crippen LogP contribution in [0, 0.1) is 12.8 Å². The molecule has 6 nitrogen and oxygen atoms in total. The van der Waals surface area contributed by atoms with Crippen molar-refractivity contribution >= 4 is 5.91 Å². The number of pyridine rings is 1. The molecule has 2 aromatic rings. The molecule has 1 atom stereocenters. The molecule has 0 aromatic carbocycles. The second-order valence-electron chi connectivity index (χ2n) is 7.17. The lowest BCUT2D eigenvalue weighted by molar-refractivity contribution is -0.141. The van der Waals surface area contributed by atoms with E-state index in [1.54, 1.807) is 11.0 Å². The van der Waals surface area contributed by atoms with Crippen LogP contribution in [0.3, 0.4) is 0 Å². The highest BCUT2D eigenvalue weighted by Gasteiger charge is 2.36. The number of carbonyl (C=O) groups is 1. The minimum absolute atomic E-state index is 0.111. The number of hydrogen-bond acceptors (Lipinski definition) is 4. The van der Waals surface area contributed by atoms with Gasteiger partial charge >= 0.3 is 0 Å². The van der Waals surface area contributed by atoms with Crippen molar-refractivity contribution in [1.82, 2.24) is 24.6 Å². The van der Waals surface area contributed by atoms with Gasteiger partial charge < -0.3 is 4.90 Å². The zero-order valence-electron chi connectivity index (χ0n) is 14.6. The molecule has 0 spiro atoms. The summed E-state index contributed by atoms with van der Waals surface area (Å²) in [6.07, 6.45) is 8.20. The Morgan fingerprint density at radius 3 is 2.88 bits per heavy atom. The molecule has 24 heavy (non-hydrogen) atoms. The Morgan fingerprint density at radius 1 is 1.38 bits per heavy atom. The maximum absolute atomic E-state index is 13.0. The standard InChI is InChI=1S/C18H25N5O/c1-14-6-7-15(10-20-14)9-16-5-4-8-22(11-16)17(24)18(2,3)23-13-19-12-21-23/h6-7,10,12-13,16H,4-5,8-9,11H2,1-3H3/t16-/m1/s1. The van der Waals surface area contributed by atoms with E-state index >= 15 is 0 Å². The van der Waals surface area contributed by atoms with E-state index in [1.807, 2.05) is 31.9 Å². The fourth-order valence-corrected chi connectivity index (χ4v) is 3.35. The van der Waals surface area contributed by atoms with Crippen molar-refractivity contribution in [3.8, 4) is 0 Å². The summed E-state index contributed by atoms with van der Waals surface area (Å²) in [5.41, 5.74) is 1.58. The minimum atomic E-state index is -0.705. The molecular weight excluding hydrogens is 302 g/mol. The lowest BCUT2D eigenvalue weighted by Gasteiger charge is -2.37. The van der Waals surface area contributed by atoms with Crippen molar-refractivity contribution in [2.24, 2.45) is 5.92 Å². The van der Waals surface area contributed by atoms with Crippen molar-refractivity contribution in [2.75, 3.05) is 13.1 Å². The number of hydrogen-bond donors (Lipinski definition) is 0. The van der Waals surface area contributed by atoms with Gasteiger partial charge in [0.2, 0.25) is 5.91 Å². The Balaban J connectivity index is 1.66. The van der Waals surface area contributed by atoms with Crippen molar-refractivity contribution in [2.45, 2.75) is 45.6 Å². The van der Waals surface area contributed by atoms with Crippen LogP contribution in [0.4, 0.5) is 0 Å². The highest BCUT2D eigenvalue weighted by atomic mass is 16.2. The van der Waals surface area contributed by atoms with Crippen LogP contribution < -0.4 is 0 Å². The Bertz CT molecular complexity index is 678. The maximum atomic E-state index is 13.0. The first kappa shape index (κ1) is 16.6. The predicted molar refractivity (Wildman–Crippen MR) is 91.3 cm³/mol. The van der Waals surface area contributed by atoms with Gasteiger partial charge in [-0.25, -0.2) is 9.67 Å². The Hall–Kier alpha value is -2.24. The molecule has 6 heteroatoms. The molecule has 0 radical (unpaired) electrons. The van der Waals surface area contributed by atoms with Gasteiger partial charge in [-0.05, 0) is 57.6 Å². The van der Waals surface area contributed by atoms with Crippen LogP contribution in [-0.2, 0) is 16.8 Å². The summed E-state index contributed by atoms with van der Waals surface area (Å²) in [6.45, 7) is 7.41. The van der Waals surface area contributed by atoms with Gasteiger partial charge in [0.05, 0.1) is 0 Å². The summed E-state index contributed by atoms with van der Waals surface area (Å²) < 4.78 is 1.64. The molecular formula is C18H25N5O. The van der Waals surface area contributed by atoms with Gasteiger partial charge in [-0.3, -0.25) is 9.78 Å². The van der Waals surface area contributed by atoms with E-state index in [1.165, 1.54) is 11.9 Å². The first-order valence-corrected chi connectivity index (χ1v) is 8.53. The molecule has 1 amide bonds. The van der Waals surface area contributed by atoms with Crippen LogP contribution in [0.2, 0.25) is 0 Å². The van der Waals surface area contributed by atoms with Crippen LogP contribution in [0.5, 0.6) is 0 Å². The Morgan fingerprint density at radius 2 is 2.21 bits per heavy atom. The molecule has 0 aliphatic carbocycles. The molecule has 1 aliphatic heterocycles. The number of aromatic nitrogens is 4. The third-order valence-corrected chi connectivity index (χ3v) is 4.82. The third-order valence-electron chi connectivity index (χ3n) is 4.82. The summed E-state index contributed by atoms with van der Waals surface area (Å²) in [4.78, 5) is 23.3. The van der Waals surface area contributed by atoms with Crippen molar-refractivity contribution < 1.29 is 4.79 Å². The van der Waals surface area contributed by atoms with E-state index in [-0.39, 0.29) is 5.91 Å². The van der Waals surface area contributed by atoms with E-state index in [0.717, 1.165) is 38.0 Å². The van der Waals surface area contributed by atoms with Gasteiger partial charge in [-0.15, -0.1) is 0 Å². The van der Waals surface area contributed by atoms with Crippen LogP contribution in [0.15, 0.2) is 31.0 Å². The molecule has 1 saturated heterocycles. The molecule has 3 rings (SSSR count). The summed E-state index contributed by atoms with van der Waals surface area (Å²) in [6, 6.07) is 4.19. The topological polar surface area (TPSA) is 63.9 Å². The van der Waals surface area contributed by atoms with Crippen LogP contribution in [0.25, 0.3) is 0 Å². The Kier molecular flexibility index (Phi) is 4.64. The average Bonchev–Trinajstić information content (AvgIpc) is 3.12. The van der Waals surface area contributed by atoms with Gasteiger partial charge in [-0.1, -0.05) is 6.07 Å². The molecule has 3 heterocycles. The number of amides is 1. The maximum Gasteiger partial charge on any atom is 0.250 e. The first-order chi connectivity index (χ1) is 11.5. The quantitative estimate of drug-likeness (QED) is 0.863. The lowest BCUT2D eigenvalue weighted by Crippen LogP contribution is -2.50. The third kappa shape index (κ3) is 3.47. The average molecular weight is 327 g/mol. The smallest absolute Gasteiger partial charge is 0.250 e. The van der Waals surface area contributed by atoms with Crippen molar-refractivity contribution in [1.29, 1.82) is 0 Å². The monoisotopic (exact) mass is 327 g/mol. The molecule has 0 N–H and O–H groups in total. The van der Waals surface area contributed by atoms with Gasteiger partial charge in [0, 0.05) is 25.0 Å². The fraction of sp³-hybridized carbons (Fsp3) is 0.556. The minimum Gasteiger partial charge on any atom is -0.340 e. The second-order valence-corrected chi connectivity index (χ2v) is 7.17. The summed E-state index contributed by atoms with van der Waals surface area (Å²) in [5.74, 6) is 0.596. The fourth-order valence-electron chi connectivity index (χ4n) is 3.35. The summed E-state index contributed by atoms with van der Waals surface area (Å²) in [5, 5.41) is 4.15. The van der Waals surface area contributed by atoms with Gasteiger partial charge in [0.15, 0.2) is 0 Å². The molecule has 1 fully saturated rings.